The molecule has 0 fully saturated rings. The van der Waals surface area contributed by atoms with E-state index in [1.165, 1.54) is 0 Å². The molecule has 0 spiro atoms. The molecule has 22 heavy (non-hydrogen) atoms. The number of nitrogens with zero attached hydrogens (tertiary/aromatic N) is 3. The molecule has 6 nitrogen and oxygen atoms in total. The van der Waals surface area contributed by atoms with E-state index in [1.807, 2.05) is 36.0 Å². The van der Waals surface area contributed by atoms with Crippen LogP contribution in [0.5, 0.6) is 5.75 Å². The normalized spacial score (nSPS) is 11.3. The summed E-state index contributed by atoms with van der Waals surface area (Å²) >= 11 is 5.90. The van der Waals surface area contributed by atoms with E-state index in [0.717, 1.165) is 17.4 Å². The Morgan fingerprint density at radius 2 is 2.23 bits per heavy atom. The lowest BCUT2D eigenvalue weighted by atomic mass is 10.3. The monoisotopic (exact) mass is 321 g/mol. The molecule has 2 aromatic rings. The Labute approximate surface area is 135 Å². The number of aromatic nitrogens is 2. The van der Waals surface area contributed by atoms with Crippen LogP contribution in [-0.2, 0) is 13.6 Å². The second kappa shape index (κ2) is 8.29. The highest BCUT2D eigenvalue weighted by Gasteiger charge is 2.01. The second-order valence-electron chi connectivity index (χ2n) is 4.60. The standard InChI is InChI=1S/C15H20ClN5O/c1-17-15(19-11-13-6-7-20-21(13)2)18-8-9-22-14-5-3-4-12(16)10-14/h3-7,10H,8-9,11H2,1-2H3,(H2,17,18,19). The van der Waals surface area contributed by atoms with E-state index in [2.05, 4.69) is 20.7 Å². The highest BCUT2D eigenvalue weighted by molar-refractivity contribution is 6.30. The van der Waals surface area contributed by atoms with Crippen LogP contribution >= 0.6 is 11.6 Å². The number of rotatable bonds is 6. The van der Waals surface area contributed by atoms with Gasteiger partial charge in [-0.1, -0.05) is 17.7 Å². The highest BCUT2D eigenvalue weighted by Crippen LogP contribution is 2.16. The van der Waals surface area contributed by atoms with Gasteiger partial charge in [0, 0.05) is 25.3 Å². The molecule has 1 heterocycles. The Hall–Kier alpha value is -2.21. The molecule has 0 saturated heterocycles. The number of ether oxygens (including phenoxy) is 1. The van der Waals surface area contributed by atoms with Gasteiger partial charge in [-0.15, -0.1) is 0 Å². The predicted molar refractivity (Wildman–Crippen MR) is 88.4 cm³/mol. The van der Waals surface area contributed by atoms with Gasteiger partial charge in [-0.25, -0.2) is 0 Å². The largest absolute Gasteiger partial charge is 0.492 e. The third-order valence-electron chi connectivity index (χ3n) is 3.04. The van der Waals surface area contributed by atoms with Gasteiger partial charge in [-0.2, -0.15) is 5.10 Å². The lowest BCUT2D eigenvalue weighted by molar-refractivity contribution is 0.322. The molecule has 0 aliphatic heterocycles. The average Bonchev–Trinajstić information content (AvgIpc) is 2.92. The number of aryl methyl sites for hydroxylation is 1. The molecule has 1 aromatic carbocycles. The van der Waals surface area contributed by atoms with Gasteiger partial charge in [0.2, 0.25) is 0 Å². The predicted octanol–water partition coefficient (Wildman–Crippen LogP) is 1.82. The van der Waals surface area contributed by atoms with E-state index < -0.39 is 0 Å². The van der Waals surface area contributed by atoms with E-state index in [4.69, 9.17) is 16.3 Å². The maximum Gasteiger partial charge on any atom is 0.191 e. The van der Waals surface area contributed by atoms with Gasteiger partial charge in [0.05, 0.1) is 18.8 Å². The first kappa shape index (κ1) is 16.2. The van der Waals surface area contributed by atoms with Gasteiger partial charge >= 0.3 is 0 Å². The summed E-state index contributed by atoms with van der Waals surface area (Å²) < 4.78 is 7.43. The molecule has 0 aliphatic carbocycles. The number of benzene rings is 1. The summed E-state index contributed by atoms with van der Waals surface area (Å²) in [7, 11) is 3.64. The fraction of sp³-hybridized carbons (Fsp3) is 0.333. The zero-order chi connectivity index (χ0) is 15.8. The third kappa shape index (κ3) is 4.96. The quantitative estimate of drug-likeness (QED) is 0.484. The molecule has 0 aliphatic rings. The van der Waals surface area contributed by atoms with Gasteiger partial charge in [-0.05, 0) is 24.3 Å². The van der Waals surface area contributed by atoms with Gasteiger partial charge in [0.15, 0.2) is 5.96 Å². The minimum atomic E-state index is 0.521. The molecule has 2 rings (SSSR count). The van der Waals surface area contributed by atoms with E-state index in [9.17, 15) is 0 Å². The van der Waals surface area contributed by atoms with Crippen LogP contribution in [0.2, 0.25) is 5.02 Å². The minimum Gasteiger partial charge on any atom is -0.492 e. The van der Waals surface area contributed by atoms with E-state index in [1.54, 1.807) is 19.3 Å². The van der Waals surface area contributed by atoms with Crippen LogP contribution in [-0.4, -0.2) is 35.9 Å². The summed E-state index contributed by atoms with van der Waals surface area (Å²) in [6.07, 6.45) is 1.77. The van der Waals surface area contributed by atoms with Gasteiger partial charge in [-0.3, -0.25) is 9.67 Å². The van der Waals surface area contributed by atoms with Crippen molar-refractivity contribution < 1.29 is 4.74 Å². The zero-order valence-corrected chi connectivity index (χ0v) is 13.5. The fourth-order valence-electron chi connectivity index (χ4n) is 1.86. The van der Waals surface area contributed by atoms with Crippen LogP contribution in [0.15, 0.2) is 41.5 Å². The minimum absolute atomic E-state index is 0.521. The van der Waals surface area contributed by atoms with Crippen LogP contribution in [0, 0.1) is 0 Å². The third-order valence-corrected chi connectivity index (χ3v) is 3.28. The summed E-state index contributed by atoms with van der Waals surface area (Å²) in [6, 6.07) is 9.30. The van der Waals surface area contributed by atoms with Crippen molar-refractivity contribution in [1.82, 2.24) is 20.4 Å². The molecule has 7 heteroatoms. The van der Waals surface area contributed by atoms with Crippen LogP contribution in [0.25, 0.3) is 0 Å². The molecule has 0 unspecified atom stereocenters. The van der Waals surface area contributed by atoms with E-state index in [0.29, 0.717) is 24.7 Å². The van der Waals surface area contributed by atoms with Crippen LogP contribution in [0.1, 0.15) is 5.69 Å². The van der Waals surface area contributed by atoms with Gasteiger partial charge in [0.25, 0.3) is 0 Å². The Bertz CT molecular complexity index is 626. The first-order chi connectivity index (χ1) is 10.7. The van der Waals surface area contributed by atoms with Crippen molar-refractivity contribution >= 4 is 17.6 Å². The SMILES string of the molecule is CN=C(NCCOc1cccc(Cl)c1)NCc1ccnn1C. The molecule has 0 amide bonds. The first-order valence-corrected chi connectivity index (χ1v) is 7.36. The Balaban J connectivity index is 1.69. The number of aliphatic imine (C=N–C) groups is 1. The van der Waals surface area contributed by atoms with E-state index >= 15 is 0 Å². The molecule has 0 radical (unpaired) electrons. The summed E-state index contributed by atoms with van der Waals surface area (Å²) in [4.78, 5) is 4.16. The Morgan fingerprint density at radius 3 is 2.91 bits per heavy atom. The molecule has 0 saturated carbocycles. The lowest BCUT2D eigenvalue weighted by Gasteiger charge is -2.12. The van der Waals surface area contributed by atoms with Crippen LogP contribution in [0.3, 0.4) is 0 Å². The number of hydrogen-bond acceptors (Lipinski definition) is 3. The zero-order valence-electron chi connectivity index (χ0n) is 12.7. The summed E-state index contributed by atoms with van der Waals surface area (Å²) in [5, 5.41) is 11.2. The lowest BCUT2D eigenvalue weighted by Crippen LogP contribution is -2.39. The Kier molecular flexibility index (Phi) is 6.09. The molecule has 2 N–H and O–H groups in total. The molecule has 118 valence electrons. The Morgan fingerprint density at radius 1 is 1.36 bits per heavy atom. The van der Waals surface area contributed by atoms with Crippen molar-refractivity contribution in [2.24, 2.45) is 12.0 Å². The smallest absolute Gasteiger partial charge is 0.191 e. The van der Waals surface area contributed by atoms with Crippen molar-refractivity contribution in [3.05, 3.63) is 47.2 Å². The molecule has 0 atom stereocenters. The molecule has 1 aromatic heterocycles. The van der Waals surface area contributed by atoms with E-state index in [-0.39, 0.29) is 0 Å². The van der Waals surface area contributed by atoms with Crippen molar-refractivity contribution in [2.45, 2.75) is 6.54 Å². The number of hydrogen-bond donors (Lipinski definition) is 2. The maximum atomic E-state index is 5.90. The summed E-state index contributed by atoms with van der Waals surface area (Å²) in [5.41, 5.74) is 1.08. The van der Waals surface area contributed by atoms with Crippen LogP contribution in [0.4, 0.5) is 0 Å². The molecular weight excluding hydrogens is 302 g/mol. The first-order valence-electron chi connectivity index (χ1n) is 6.99. The number of halogens is 1. The van der Waals surface area contributed by atoms with Crippen molar-refractivity contribution in [2.75, 3.05) is 20.2 Å². The molecule has 0 bridgehead atoms. The van der Waals surface area contributed by atoms with Crippen molar-refractivity contribution in [1.29, 1.82) is 0 Å². The summed E-state index contributed by atoms with van der Waals surface area (Å²) in [5.74, 6) is 1.48. The van der Waals surface area contributed by atoms with Crippen LogP contribution < -0.4 is 15.4 Å². The fourth-order valence-corrected chi connectivity index (χ4v) is 2.05. The number of nitrogens with one attached hydrogen (secondary N) is 2. The van der Waals surface area contributed by atoms with Gasteiger partial charge < -0.3 is 15.4 Å². The second-order valence-corrected chi connectivity index (χ2v) is 5.04. The van der Waals surface area contributed by atoms with Crippen molar-refractivity contribution in [3.8, 4) is 5.75 Å². The molecular formula is C15H20ClN5O. The maximum absolute atomic E-state index is 5.90. The van der Waals surface area contributed by atoms with Gasteiger partial charge in [0.1, 0.15) is 12.4 Å². The summed E-state index contributed by atoms with van der Waals surface area (Å²) in [6.45, 7) is 1.82. The topological polar surface area (TPSA) is 63.5 Å². The highest BCUT2D eigenvalue weighted by atomic mass is 35.5. The van der Waals surface area contributed by atoms with Crippen molar-refractivity contribution in [3.63, 3.8) is 0 Å². The number of guanidine groups is 1. The average molecular weight is 322 g/mol.